The first-order chi connectivity index (χ1) is 6.55. The number of nitrogens with two attached hydrogens (primary N) is 1. The van der Waals surface area contributed by atoms with Crippen molar-refractivity contribution in [3.05, 3.63) is 28.9 Å². The van der Waals surface area contributed by atoms with E-state index in [0.717, 1.165) is 6.42 Å². The van der Waals surface area contributed by atoms with Gasteiger partial charge in [0.05, 0.1) is 6.33 Å². The maximum atomic E-state index is 11.3. The van der Waals surface area contributed by atoms with Gasteiger partial charge in [-0.25, -0.2) is 4.98 Å². The molecule has 0 aliphatic rings. The maximum absolute atomic E-state index is 11.3. The van der Waals surface area contributed by atoms with Gasteiger partial charge in [0.1, 0.15) is 0 Å². The van der Waals surface area contributed by atoms with Crippen LogP contribution in [0.4, 0.5) is 0 Å². The minimum Gasteiger partial charge on any atom is -0.330 e. The molecule has 0 bridgehead atoms. The highest BCUT2D eigenvalue weighted by Crippen LogP contribution is 2.18. The van der Waals surface area contributed by atoms with Gasteiger partial charge in [-0.05, 0) is 18.4 Å². The molecule has 78 valence electrons. The number of aromatic nitrogens is 2. The van der Waals surface area contributed by atoms with Crippen molar-refractivity contribution in [2.24, 2.45) is 11.1 Å². The van der Waals surface area contributed by atoms with E-state index in [1.807, 2.05) is 0 Å². The van der Waals surface area contributed by atoms with E-state index in [9.17, 15) is 4.79 Å². The Bertz CT molecular complexity index is 343. The number of rotatable bonds is 4. The first-order valence-electron chi connectivity index (χ1n) is 4.76. The molecule has 0 unspecified atom stereocenters. The fourth-order valence-electron chi connectivity index (χ4n) is 1.07. The molecule has 0 amide bonds. The highest BCUT2D eigenvalue weighted by molar-refractivity contribution is 4.82. The summed E-state index contributed by atoms with van der Waals surface area (Å²) in [6.45, 7) is 5.49. The maximum Gasteiger partial charge on any atom is 0.253 e. The van der Waals surface area contributed by atoms with Gasteiger partial charge in [-0.15, -0.1) is 0 Å². The third kappa shape index (κ3) is 2.96. The van der Waals surface area contributed by atoms with Crippen LogP contribution in [0.3, 0.4) is 0 Å². The zero-order valence-electron chi connectivity index (χ0n) is 8.73. The Balaban J connectivity index is 2.63. The fraction of sp³-hybridized carbons (Fsp3) is 0.600. The summed E-state index contributed by atoms with van der Waals surface area (Å²) in [5.41, 5.74) is 5.68. The van der Waals surface area contributed by atoms with Gasteiger partial charge in [0.15, 0.2) is 0 Å². The summed E-state index contributed by atoms with van der Waals surface area (Å²) in [5, 5.41) is 0. The third-order valence-corrected chi connectivity index (χ3v) is 2.37. The van der Waals surface area contributed by atoms with Crippen molar-refractivity contribution in [3.63, 3.8) is 0 Å². The third-order valence-electron chi connectivity index (χ3n) is 2.37. The summed E-state index contributed by atoms with van der Waals surface area (Å²) in [7, 11) is 0. The van der Waals surface area contributed by atoms with Crippen LogP contribution < -0.4 is 11.3 Å². The van der Waals surface area contributed by atoms with Crippen molar-refractivity contribution in [3.8, 4) is 0 Å². The number of nitrogens with zero attached hydrogens (tertiary/aromatic N) is 2. The zero-order valence-corrected chi connectivity index (χ0v) is 8.73. The first-order valence-corrected chi connectivity index (χ1v) is 4.76. The molecule has 1 heterocycles. The summed E-state index contributed by atoms with van der Waals surface area (Å²) < 4.78 is 1.61. The minimum absolute atomic E-state index is 0.00665. The molecular weight excluding hydrogens is 178 g/mol. The van der Waals surface area contributed by atoms with E-state index in [4.69, 9.17) is 5.73 Å². The van der Waals surface area contributed by atoms with E-state index < -0.39 is 0 Å². The number of hydrogen-bond donors (Lipinski definition) is 1. The smallest absolute Gasteiger partial charge is 0.253 e. The van der Waals surface area contributed by atoms with Crippen LogP contribution in [-0.4, -0.2) is 16.1 Å². The van der Waals surface area contributed by atoms with Crippen LogP contribution in [-0.2, 0) is 6.54 Å². The van der Waals surface area contributed by atoms with E-state index in [0.29, 0.717) is 13.1 Å². The molecule has 0 saturated carbocycles. The lowest BCUT2D eigenvalue weighted by molar-refractivity contribution is 0.321. The molecule has 1 aromatic rings. The second-order valence-electron chi connectivity index (χ2n) is 4.23. The van der Waals surface area contributed by atoms with Crippen molar-refractivity contribution in [1.82, 2.24) is 9.55 Å². The predicted molar refractivity (Wildman–Crippen MR) is 55.9 cm³/mol. The molecule has 14 heavy (non-hydrogen) atoms. The molecule has 0 radical (unpaired) electrons. The van der Waals surface area contributed by atoms with E-state index >= 15 is 0 Å². The molecule has 0 atom stereocenters. The Morgan fingerprint density at radius 2 is 2.29 bits per heavy atom. The fourth-order valence-corrected chi connectivity index (χ4v) is 1.07. The van der Waals surface area contributed by atoms with Crippen LogP contribution in [0.25, 0.3) is 0 Å². The van der Waals surface area contributed by atoms with Crippen molar-refractivity contribution in [2.45, 2.75) is 26.8 Å². The SMILES string of the molecule is CC(C)(CN)CCn1cnccc1=O. The van der Waals surface area contributed by atoms with Crippen molar-refractivity contribution < 1.29 is 0 Å². The average Bonchev–Trinajstić information content (AvgIpc) is 2.17. The van der Waals surface area contributed by atoms with Gasteiger partial charge >= 0.3 is 0 Å². The highest BCUT2D eigenvalue weighted by atomic mass is 16.1. The second-order valence-corrected chi connectivity index (χ2v) is 4.23. The Labute approximate surface area is 83.8 Å². The Morgan fingerprint density at radius 1 is 1.57 bits per heavy atom. The van der Waals surface area contributed by atoms with E-state index in [2.05, 4.69) is 18.8 Å². The van der Waals surface area contributed by atoms with Gasteiger partial charge < -0.3 is 5.73 Å². The monoisotopic (exact) mass is 195 g/mol. The van der Waals surface area contributed by atoms with Crippen molar-refractivity contribution >= 4 is 0 Å². The topological polar surface area (TPSA) is 60.9 Å². The largest absolute Gasteiger partial charge is 0.330 e. The van der Waals surface area contributed by atoms with E-state index in [1.165, 1.54) is 12.3 Å². The van der Waals surface area contributed by atoms with E-state index in [-0.39, 0.29) is 11.0 Å². The standard InChI is InChI=1S/C10H17N3O/c1-10(2,7-11)4-6-13-8-12-5-3-9(13)14/h3,5,8H,4,6-7,11H2,1-2H3. The molecular formula is C10H17N3O. The molecule has 0 saturated heterocycles. The van der Waals surface area contributed by atoms with Crippen LogP contribution in [0.1, 0.15) is 20.3 Å². The van der Waals surface area contributed by atoms with Crippen molar-refractivity contribution in [2.75, 3.05) is 6.54 Å². The van der Waals surface area contributed by atoms with Crippen LogP contribution in [0.15, 0.2) is 23.4 Å². The van der Waals surface area contributed by atoms with Gasteiger partial charge in [0.25, 0.3) is 5.56 Å². The lowest BCUT2D eigenvalue weighted by atomic mass is 9.90. The average molecular weight is 195 g/mol. The van der Waals surface area contributed by atoms with E-state index in [1.54, 1.807) is 10.9 Å². The lowest BCUT2D eigenvalue weighted by Gasteiger charge is -2.22. The molecule has 4 nitrogen and oxygen atoms in total. The van der Waals surface area contributed by atoms with Gasteiger partial charge in [0, 0.05) is 18.8 Å². The lowest BCUT2D eigenvalue weighted by Crippen LogP contribution is -2.28. The summed E-state index contributed by atoms with van der Waals surface area (Å²) in [6.07, 6.45) is 3.96. The molecule has 0 aliphatic carbocycles. The Hall–Kier alpha value is -1.16. The highest BCUT2D eigenvalue weighted by Gasteiger charge is 2.15. The molecule has 0 fully saturated rings. The van der Waals surface area contributed by atoms with Gasteiger partial charge in [0.2, 0.25) is 0 Å². The Morgan fingerprint density at radius 3 is 2.86 bits per heavy atom. The molecule has 4 heteroatoms. The zero-order chi connectivity index (χ0) is 10.6. The Kier molecular flexibility index (Phi) is 3.41. The molecule has 0 aromatic carbocycles. The van der Waals surface area contributed by atoms with Crippen LogP contribution >= 0.6 is 0 Å². The number of aryl methyl sites for hydroxylation is 1. The quantitative estimate of drug-likeness (QED) is 0.766. The molecule has 1 rings (SSSR count). The molecule has 0 spiro atoms. The summed E-state index contributed by atoms with van der Waals surface area (Å²) in [5.74, 6) is 0. The van der Waals surface area contributed by atoms with Gasteiger partial charge in [-0.2, -0.15) is 0 Å². The molecule has 1 aromatic heterocycles. The van der Waals surface area contributed by atoms with Crippen molar-refractivity contribution in [1.29, 1.82) is 0 Å². The second kappa shape index (κ2) is 4.37. The summed E-state index contributed by atoms with van der Waals surface area (Å²) in [4.78, 5) is 15.2. The van der Waals surface area contributed by atoms with Gasteiger partial charge in [-0.1, -0.05) is 13.8 Å². The summed E-state index contributed by atoms with van der Waals surface area (Å²) in [6, 6.07) is 1.47. The van der Waals surface area contributed by atoms with Gasteiger partial charge in [-0.3, -0.25) is 9.36 Å². The number of hydrogen-bond acceptors (Lipinski definition) is 3. The summed E-state index contributed by atoms with van der Waals surface area (Å²) >= 11 is 0. The van der Waals surface area contributed by atoms with Crippen LogP contribution in [0, 0.1) is 5.41 Å². The molecule has 2 N–H and O–H groups in total. The molecule has 0 aliphatic heterocycles. The van der Waals surface area contributed by atoms with Crippen LogP contribution in [0.5, 0.6) is 0 Å². The normalized spacial score (nSPS) is 11.6. The first kappa shape index (κ1) is 10.9. The minimum atomic E-state index is -0.00665. The van der Waals surface area contributed by atoms with Crippen LogP contribution in [0.2, 0.25) is 0 Å². The predicted octanol–water partition coefficient (Wildman–Crippen LogP) is 0.618.